The summed E-state index contributed by atoms with van der Waals surface area (Å²) >= 11 is 0. The van der Waals surface area contributed by atoms with Crippen molar-refractivity contribution in [3.05, 3.63) is 54.3 Å². The molecule has 0 aliphatic carbocycles. The molecule has 0 saturated carbocycles. The number of hydrogen-bond acceptors (Lipinski definition) is 3. The molecule has 4 heteroatoms. The van der Waals surface area contributed by atoms with Gasteiger partial charge in [-0.2, -0.15) is 4.98 Å². The van der Waals surface area contributed by atoms with Gasteiger partial charge in [0.1, 0.15) is 5.82 Å². The number of nitrogens with zero attached hydrogens (tertiary/aromatic N) is 2. The van der Waals surface area contributed by atoms with Gasteiger partial charge in [0.15, 0.2) is 5.82 Å². The maximum Gasteiger partial charge on any atom is 0.225 e. The van der Waals surface area contributed by atoms with Crippen LogP contribution in [0.1, 0.15) is 6.92 Å². The lowest BCUT2D eigenvalue weighted by Crippen LogP contribution is -1.99. The van der Waals surface area contributed by atoms with Crippen LogP contribution in [0.3, 0.4) is 0 Å². The van der Waals surface area contributed by atoms with Crippen LogP contribution in [-0.4, -0.2) is 16.6 Å². The van der Waals surface area contributed by atoms with Gasteiger partial charge in [-0.05, 0) is 19.1 Å². The molecule has 0 spiro atoms. The van der Waals surface area contributed by atoms with E-state index in [1.54, 1.807) is 6.07 Å². The summed E-state index contributed by atoms with van der Waals surface area (Å²) < 4.78 is 18.9. The summed E-state index contributed by atoms with van der Waals surface area (Å²) in [6.07, 6.45) is 0. The highest BCUT2D eigenvalue weighted by atomic mass is 19.1. The number of halogens is 1. The number of benzene rings is 2. The van der Waals surface area contributed by atoms with E-state index in [4.69, 9.17) is 4.74 Å². The third-order valence-electron chi connectivity index (χ3n) is 2.94. The normalized spacial score (nSPS) is 10.7. The molecule has 0 saturated heterocycles. The van der Waals surface area contributed by atoms with E-state index in [1.165, 1.54) is 12.1 Å². The van der Waals surface area contributed by atoms with Crippen molar-refractivity contribution in [2.75, 3.05) is 6.61 Å². The van der Waals surface area contributed by atoms with Crippen LogP contribution in [0.5, 0.6) is 5.88 Å². The van der Waals surface area contributed by atoms with Gasteiger partial charge in [0.05, 0.1) is 17.5 Å². The first kappa shape index (κ1) is 12.5. The Morgan fingerprint density at radius 1 is 1.05 bits per heavy atom. The fourth-order valence-corrected chi connectivity index (χ4v) is 2.04. The zero-order valence-corrected chi connectivity index (χ0v) is 11.0. The van der Waals surface area contributed by atoms with E-state index in [9.17, 15) is 4.39 Å². The average Bonchev–Trinajstić information content (AvgIpc) is 2.48. The minimum absolute atomic E-state index is 0.322. The SMILES string of the molecule is CCOc1nc(-c2ccccc2)nc2cc(F)ccc12. The van der Waals surface area contributed by atoms with Crippen LogP contribution >= 0.6 is 0 Å². The fraction of sp³-hybridized carbons (Fsp3) is 0.125. The molecule has 3 rings (SSSR count). The summed E-state index contributed by atoms with van der Waals surface area (Å²) in [6.45, 7) is 2.39. The largest absolute Gasteiger partial charge is 0.477 e. The van der Waals surface area contributed by atoms with Gasteiger partial charge in [0, 0.05) is 11.6 Å². The van der Waals surface area contributed by atoms with Gasteiger partial charge in [-0.25, -0.2) is 9.37 Å². The molecule has 100 valence electrons. The molecule has 0 aliphatic heterocycles. The Balaban J connectivity index is 2.24. The van der Waals surface area contributed by atoms with Crippen LogP contribution in [0.15, 0.2) is 48.5 Å². The Kier molecular flexibility index (Phi) is 3.29. The minimum atomic E-state index is -0.322. The van der Waals surface area contributed by atoms with Crippen LogP contribution < -0.4 is 4.74 Å². The Hall–Kier alpha value is -2.49. The summed E-state index contributed by atoms with van der Waals surface area (Å²) in [5.74, 6) is 0.696. The molecular formula is C16H13FN2O. The van der Waals surface area contributed by atoms with Crippen LogP contribution in [0.4, 0.5) is 4.39 Å². The molecule has 3 nitrogen and oxygen atoms in total. The Labute approximate surface area is 116 Å². The maximum absolute atomic E-state index is 13.4. The predicted octanol–water partition coefficient (Wildman–Crippen LogP) is 3.83. The first-order valence-electron chi connectivity index (χ1n) is 6.43. The number of hydrogen-bond donors (Lipinski definition) is 0. The van der Waals surface area contributed by atoms with E-state index in [2.05, 4.69) is 9.97 Å². The molecule has 0 radical (unpaired) electrons. The Morgan fingerprint density at radius 3 is 2.60 bits per heavy atom. The summed E-state index contributed by atoms with van der Waals surface area (Å²) in [6, 6.07) is 14.0. The lowest BCUT2D eigenvalue weighted by Gasteiger charge is -2.09. The Bertz CT molecular complexity index is 744. The second kappa shape index (κ2) is 5.25. The second-order valence-corrected chi connectivity index (χ2v) is 4.31. The first-order chi connectivity index (χ1) is 9.78. The molecule has 0 amide bonds. The van der Waals surface area contributed by atoms with E-state index >= 15 is 0 Å². The van der Waals surface area contributed by atoms with Crippen LogP contribution in [0, 0.1) is 5.82 Å². The van der Waals surface area contributed by atoms with Gasteiger partial charge in [0.2, 0.25) is 5.88 Å². The Morgan fingerprint density at radius 2 is 1.85 bits per heavy atom. The molecule has 0 aliphatic rings. The first-order valence-corrected chi connectivity index (χ1v) is 6.43. The third kappa shape index (κ3) is 2.32. The number of ether oxygens (including phenoxy) is 1. The van der Waals surface area contributed by atoms with Crippen LogP contribution in [0.2, 0.25) is 0 Å². The lowest BCUT2D eigenvalue weighted by molar-refractivity contribution is 0.331. The monoisotopic (exact) mass is 268 g/mol. The highest BCUT2D eigenvalue weighted by molar-refractivity contribution is 5.85. The zero-order valence-electron chi connectivity index (χ0n) is 11.0. The summed E-state index contributed by atoms with van der Waals surface area (Å²) in [7, 11) is 0. The molecule has 0 fully saturated rings. The molecule has 2 aromatic carbocycles. The summed E-state index contributed by atoms with van der Waals surface area (Å²) in [5, 5.41) is 0.716. The maximum atomic E-state index is 13.4. The topological polar surface area (TPSA) is 35.0 Å². The smallest absolute Gasteiger partial charge is 0.225 e. The average molecular weight is 268 g/mol. The summed E-state index contributed by atoms with van der Waals surface area (Å²) in [4.78, 5) is 8.85. The third-order valence-corrected chi connectivity index (χ3v) is 2.94. The molecule has 1 aromatic heterocycles. The molecule has 0 N–H and O–H groups in total. The van der Waals surface area contributed by atoms with Gasteiger partial charge in [-0.15, -0.1) is 0 Å². The highest BCUT2D eigenvalue weighted by Crippen LogP contribution is 2.27. The lowest BCUT2D eigenvalue weighted by atomic mass is 10.2. The van der Waals surface area contributed by atoms with Gasteiger partial charge in [-0.3, -0.25) is 0 Å². The second-order valence-electron chi connectivity index (χ2n) is 4.31. The molecule has 0 bridgehead atoms. The standard InChI is InChI=1S/C16H13FN2O/c1-2-20-16-13-9-8-12(17)10-14(13)18-15(19-16)11-6-4-3-5-7-11/h3-10H,2H2,1H3. The van der Waals surface area contributed by atoms with Gasteiger partial charge >= 0.3 is 0 Å². The number of aromatic nitrogens is 2. The molecule has 0 unspecified atom stereocenters. The molecule has 3 aromatic rings. The van der Waals surface area contributed by atoms with Crippen molar-refractivity contribution in [1.82, 2.24) is 9.97 Å². The minimum Gasteiger partial charge on any atom is -0.477 e. The van der Waals surface area contributed by atoms with Crippen molar-refractivity contribution < 1.29 is 9.13 Å². The van der Waals surface area contributed by atoms with Gasteiger partial charge in [0.25, 0.3) is 0 Å². The van der Waals surface area contributed by atoms with E-state index < -0.39 is 0 Å². The van der Waals surface area contributed by atoms with Gasteiger partial charge in [-0.1, -0.05) is 30.3 Å². The predicted molar refractivity (Wildman–Crippen MR) is 76.1 cm³/mol. The quantitative estimate of drug-likeness (QED) is 0.724. The van der Waals surface area contributed by atoms with E-state index in [1.807, 2.05) is 37.3 Å². The van der Waals surface area contributed by atoms with Crippen LogP contribution in [-0.2, 0) is 0 Å². The van der Waals surface area contributed by atoms with E-state index in [0.29, 0.717) is 29.2 Å². The van der Waals surface area contributed by atoms with E-state index in [-0.39, 0.29) is 5.82 Å². The van der Waals surface area contributed by atoms with Gasteiger partial charge < -0.3 is 4.74 Å². The highest BCUT2D eigenvalue weighted by Gasteiger charge is 2.10. The van der Waals surface area contributed by atoms with Crippen molar-refractivity contribution >= 4 is 10.9 Å². The number of fused-ring (bicyclic) bond motifs is 1. The van der Waals surface area contributed by atoms with Crippen molar-refractivity contribution in [3.8, 4) is 17.3 Å². The van der Waals surface area contributed by atoms with Crippen molar-refractivity contribution in [2.24, 2.45) is 0 Å². The molecule has 1 heterocycles. The number of rotatable bonds is 3. The zero-order chi connectivity index (χ0) is 13.9. The summed E-state index contributed by atoms with van der Waals surface area (Å²) in [5.41, 5.74) is 1.42. The van der Waals surface area contributed by atoms with Crippen molar-refractivity contribution in [2.45, 2.75) is 6.92 Å². The molecule has 0 atom stereocenters. The molecule has 20 heavy (non-hydrogen) atoms. The van der Waals surface area contributed by atoms with Crippen LogP contribution in [0.25, 0.3) is 22.3 Å². The molecular weight excluding hydrogens is 255 g/mol. The van der Waals surface area contributed by atoms with Crippen molar-refractivity contribution in [3.63, 3.8) is 0 Å². The fourth-order valence-electron chi connectivity index (χ4n) is 2.04. The van der Waals surface area contributed by atoms with Crippen molar-refractivity contribution in [1.29, 1.82) is 0 Å². The van der Waals surface area contributed by atoms with E-state index in [0.717, 1.165) is 5.56 Å².